The van der Waals surface area contributed by atoms with Crippen molar-refractivity contribution in [2.75, 3.05) is 7.11 Å². The molecule has 1 rings (SSSR count). The number of hydrogen-bond acceptors (Lipinski definition) is 2. The van der Waals surface area contributed by atoms with Crippen LogP contribution in [0.4, 0.5) is 0 Å². The molecule has 0 aliphatic heterocycles. The van der Waals surface area contributed by atoms with Gasteiger partial charge in [0.1, 0.15) is 5.75 Å². The first kappa shape index (κ1) is 8.47. The van der Waals surface area contributed by atoms with Crippen LogP contribution in [0.5, 0.6) is 5.75 Å². The van der Waals surface area contributed by atoms with Crippen LogP contribution in [0.3, 0.4) is 0 Å². The summed E-state index contributed by atoms with van der Waals surface area (Å²) in [5.74, 6) is 1.71. The molecule has 1 nitrogen and oxygen atoms in total. The van der Waals surface area contributed by atoms with Gasteiger partial charge < -0.3 is 4.74 Å². The van der Waals surface area contributed by atoms with Gasteiger partial charge in [-0.25, -0.2) is 0 Å². The van der Waals surface area contributed by atoms with E-state index in [2.05, 4.69) is 18.7 Å². The lowest BCUT2D eigenvalue weighted by Crippen LogP contribution is -1.90. The lowest BCUT2D eigenvalue weighted by Gasteiger charge is -2.07. The fourth-order valence-corrected chi connectivity index (χ4v) is 1.39. The van der Waals surface area contributed by atoms with Gasteiger partial charge in [0.15, 0.2) is 0 Å². The minimum atomic E-state index is 0.767. The second kappa shape index (κ2) is 3.67. The molecule has 1 aromatic carbocycles. The van der Waals surface area contributed by atoms with Gasteiger partial charge in [0.25, 0.3) is 0 Å². The molecule has 0 saturated heterocycles. The molecular formula is C9H12OS. The number of hydrogen-bond donors (Lipinski definition) is 1. The van der Waals surface area contributed by atoms with Gasteiger partial charge in [0.2, 0.25) is 0 Å². The van der Waals surface area contributed by atoms with Crippen molar-refractivity contribution in [2.24, 2.45) is 0 Å². The Hall–Kier alpha value is -0.630. The van der Waals surface area contributed by atoms with E-state index in [0.29, 0.717) is 0 Å². The maximum atomic E-state index is 5.15. The predicted octanol–water partition coefficient (Wildman–Crippen LogP) is 2.43. The largest absolute Gasteiger partial charge is 0.496 e. The van der Waals surface area contributed by atoms with Gasteiger partial charge >= 0.3 is 0 Å². The highest BCUT2D eigenvalue weighted by molar-refractivity contribution is 7.79. The molecule has 0 spiro atoms. The van der Waals surface area contributed by atoms with Gasteiger partial charge in [-0.1, -0.05) is 12.1 Å². The predicted molar refractivity (Wildman–Crippen MR) is 50.4 cm³/mol. The fraction of sp³-hybridized carbons (Fsp3) is 0.333. The molecule has 11 heavy (non-hydrogen) atoms. The molecule has 0 saturated carbocycles. The van der Waals surface area contributed by atoms with Gasteiger partial charge in [-0.15, -0.1) is 0 Å². The first-order valence-corrected chi connectivity index (χ1v) is 4.16. The van der Waals surface area contributed by atoms with Crippen molar-refractivity contribution in [3.05, 3.63) is 29.3 Å². The normalized spacial score (nSPS) is 9.73. The Balaban J connectivity index is 3.10. The molecule has 2 heteroatoms. The second-order valence-electron chi connectivity index (χ2n) is 2.40. The molecule has 0 N–H and O–H groups in total. The highest BCUT2D eigenvalue weighted by atomic mass is 32.1. The van der Waals surface area contributed by atoms with Crippen LogP contribution in [0.15, 0.2) is 18.2 Å². The van der Waals surface area contributed by atoms with E-state index in [-0.39, 0.29) is 0 Å². The topological polar surface area (TPSA) is 9.23 Å². The summed E-state index contributed by atoms with van der Waals surface area (Å²) in [4.78, 5) is 0. The van der Waals surface area contributed by atoms with Crippen molar-refractivity contribution in [1.82, 2.24) is 0 Å². The third kappa shape index (κ3) is 1.69. The first-order valence-electron chi connectivity index (χ1n) is 3.53. The molecule has 0 bridgehead atoms. The van der Waals surface area contributed by atoms with Gasteiger partial charge in [0.05, 0.1) is 7.11 Å². The lowest BCUT2D eigenvalue weighted by atomic mass is 10.1. The summed E-state index contributed by atoms with van der Waals surface area (Å²) in [6, 6.07) is 6.00. The molecule has 0 amide bonds. The molecule has 0 fully saturated rings. The lowest BCUT2D eigenvalue weighted by molar-refractivity contribution is 0.411. The Morgan fingerprint density at radius 1 is 1.45 bits per heavy atom. The van der Waals surface area contributed by atoms with Gasteiger partial charge in [0, 0.05) is 5.75 Å². The maximum Gasteiger partial charge on any atom is 0.122 e. The van der Waals surface area contributed by atoms with Crippen LogP contribution in [0.25, 0.3) is 0 Å². The summed E-state index contributed by atoms with van der Waals surface area (Å²) in [7, 11) is 1.69. The number of thiol groups is 1. The van der Waals surface area contributed by atoms with E-state index in [1.807, 2.05) is 19.1 Å². The highest BCUT2D eigenvalue weighted by Crippen LogP contribution is 2.21. The number of rotatable bonds is 2. The molecular weight excluding hydrogens is 156 g/mol. The molecule has 0 aromatic heterocycles. The van der Waals surface area contributed by atoms with Crippen molar-refractivity contribution in [1.29, 1.82) is 0 Å². The Kier molecular flexibility index (Phi) is 2.83. The Morgan fingerprint density at radius 3 is 2.73 bits per heavy atom. The van der Waals surface area contributed by atoms with Crippen LogP contribution in [-0.4, -0.2) is 7.11 Å². The molecule has 0 unspecified atom stereocenters. The van der Waals surface area contributed by atoms with Crippen LogP contribution >= 0.6 is 12.6 Å². The summed E-state index contributed by atoms with van der Waals surface area (Å²) in [5, 5.41) is 0. The number of methoxy groups -OCH3 is 1. The summed E-state index contributed by atoms with van der Waals surface area (Å²) in [6.07, 6.45) is 0. The molecule has 0 aliphatic rings. The van der Waals surface area contributed by atoms with E-state index in [0.717, 1.165) is 11.5 Å². The Labute approximate surface area is 72.8 Å². The second-order valence-corrected chi connectivity index (χ2v) is 2.72. The maximum absolute atomic E-state index is 5.15. The zero-order valence-corrected chi connectivity index (χ0v) is 7.69. The van der Waals surface area contributed by atoms with E-state index in [4.69, 9.17) is 4.74 Å². The van der Waals surface area contributed by atoms with E-state index in [1.165, 1.54) is 11.1 Å². The first-order chi connectivity index (χ1) is 5.29. The number of benzene rings is 1. The summed E-state index contributed by atoms with van der Waals surface area (Å²) < 4.78 is 5.15. The Bertz CT molecular complexity index is 223. The van der Waals surface area contributed by atoms with Crippen LogP contribution < -0.4 is 4.74 Å². The van der Waals surface area contributed by atoms with Crippen molar-refractivity contribution in [3.63, 3.8) is 0 Å². The van der Waals surface area contributed by atoms with Crippen molar-refractivity contribution < 1.29 is 4.74 Å². The third-order valence-electron chi connectivity index (χ3n) is 1.79. The zero-order valence-electron chi connectivity index (χ0n) is 6.79. The molecule has 1 aromatic rings. The van der Waals surface area contributed by atoms with Crippen molar-refractivity contribution in [2.45, 2.75) is 12.7 Å². The van der Waals surface area contributed by atoms with Crippen LogP contribution in [0.2, 0.25) is 0 Å². The number of ether oxygens (including phenoxy) is 1. The van der Waals surface area contributed by atoms with Crippen LogP contribution in [0.1, 0.15) is 11.1 Å². The minimum Gasteiger partial charge on any atom is -0.496 e. The summed E-state index contributed by atoms with van der Waals surface area (Å²) >= 11 is 4.21. The average Bonchev–Trinajstić information content (AvgIpc) is 2.05. The van der Waals surface area contributed by atoms with Crippen molar-refractivity contribution >= 4 is 12.6 Å². The molecule has 0 heterocycles. The third-order valence-corrected chi connectivity index (χ3v) is 2.13. The SMILES string of the molecule is COc1cccc(CS)c1C. The monoisotopic (exact) mass is 168 g/mol. The molecule has 0 radical (unpaired) electrons. The zero-order chi connectivity index (χ0) is 8.27. The summed E-state index contributed by atoms with van der Waals surface area (Å²) in [5.41, 5.74) is 2.41. The average molecular weight is 168 g/mol. The van der Waals surface area contributed by atoms with E-state index < -0.39 is 0 Å². The standard InChI is InChI=1S/C9H12OS/c1-7-8(6-11)4-3-5-9(7)10-2/h3-5,11H,6H2,1-2H3. The van der Waals surface area contributed by atoms with E-state index in [9.17, 15) is 0 Å². The van der Waals surface area contributed by atoms with Crippen molar-refractivity contribution in [3.8, 4) is 5.75 Å². The fourth-order valence-electron chi connectivity index (χ4n) is 1.05. The summed E-state index contributed by atoms with van der Waals surface area (Å²) in [6.45, 7) is 2.05. The molecule has 0 atom stereocenters. The Morgan fingerprint density at radius 2 is 2.18 bits per heavy atom. The smallest absolute Gasteiger partial charge is 0.122 e. The van der Waals surface area contributed by atoms with Crippen LogP contribution in [-0.2, 0) is 5.75 Å². The van der Waals surface area contributed by atoms with Gasteiger partial charge in [-0.3, -0.25) is 0 Å². The quantitative estimate of drug-likeness (QED) is 0.667. The van der Waals surface area contributed by atoms with Gasteiger partial charge in [-0.2, -0.15) is 12.6 Å². The van der Waals surface area contributed by atoms with Gasteiger partial charge in [-0.05, 0) is 24.1 Å². The molecule has 0 aliphatic carbocycles. The van der Waals surface area contributed by atoms with E-state index >= 15 is 0 Å². The van der Waals surface area contributed by atoms with Crippen LogP contribution in [0, 0.1) is 6.92 Å². The molecule has 60 valence electrons. The van der Waals surface area contributed by atoms with E-state index in [1.54, 1.807) is 7.11 Å². The highest BCUT2D eigenvalue weighted by Gasteiger charge is 2.00. The minimum absolute atomic E-state index is 0.767.